The molecular formula is C13H9ClFN3O2S. The third-order valence-corrected chi connectivity index (χ3v) is 4.40. The molecule has 2 aromatic rings. The molecule has 0 aliphatic carbocycles. The SMILES string of the molecule is N#Cc1ccc(Cl)c(NS(=O)(=O)c2cccc(F)c2N)c1. The number of nitrogen functional groups attached to an aromatic ring is 1. The Kier molecular flexibility index (Phi) is 4.02. The van der Waals surface area contributed by atoms with Crippen molar-refractivity contribution in [1.29, 1.82) is 5.26 Å². The second-order valence-corrected chi connectivity index (χ2v) is 6.12. The molecule has 0 spiro atoms. The van der Waals surface area contributed by atoms with Crippen LogP contribution in [0.3, 0.4) is 0 Å². The maximum atomic E-state index is 13.4. The van der Waals surface area contributed by atoms with Gasteiger partial charge in [0, 0.05) is 0 Å². The second-order valence-electron chi connectivity index (χ2n) is 4.06. The van der Waals surface area contributed by atoms with Gasteiger partial charge < -0.3 is 5.73 Å². The van der Waals surface area contributed by atoms with Gasteiger partial charge in [0.25, 0.3) is 10.0 Å². The number of nitrogens with zero attached hydrogens (tertiary/aromatic N) is 1. The molecule has 0 saturated heterocycles. The van der Waals surface area contributed by atoms with Crippen LogP contribution in [0.1, 0.15) is 5.56 Å². The molecule has 0 amide bonds. The van der Waals surface area contributed by atoms with Crippen molar-refractivity contribution in [2.45, 2.75) is 4.90 Å². The van der Waals surface area contributed by atoms with Crippen molar-refractivity contribution in [2.75, 3.05) is 10.5 Å². The van der Waals surface area contributed by atoms with E-state index in [0.717, 1.165) is 6.07 Å². The van der Waals surface area contributed by atoms with Crippen molar-refractivity contribution in [3.05, 3.63) is 52.8 Å². The molecule has 0 atom stereocenters. The van der Waals surface area contributed by atoms with Crippen LogP contribution in [0.4, 0.5) is 15.8 Å². The summed E-state index contributed by atoms with van der Waals surface area (Å²) in [7, 11) is -4.12. The van der Waals surface area contributed by atoms with Crippen molar-refractivity contribution in [3.8, 4) is 6.07 Å². The lowest BCUT2D eigenvalue weighted by Gasteiger charge is -2.11. The molecule has 21 heavy (non-hydrogen) atoms. The van der Waals surface area contributed by atoms with Crippen LogP contribution < -0.4 is 10.5 Å². The number of para-hydroxylation sites is 1. The maximum absolute atomic E-state index is 13.4. The highest BCUT2D eigenvalue weighted by molar-refractivity contribution is 7.92. The van der Waals surface area contributed by atoms with E-state index >= 15 is 0 Å². The molecule has 8 heteroatoms. The van der Waals surface area contributed by atoms with Crippen LogP contribution in [0.15, 0.2) is 41.3 Å². The van der Waals surface area contributed by atoms with E-state index in [9.17, 15) is 12.8 Å². The zero-order valence-electron chi connectivity index (χ0n) is 10.5. The lowest BCUT2D eigenvalue weighted by Crippen LogP contribution is -2.15. The maximum Gasteiger partial charge on any atom is 0.264 e. The van der Waals surface area contributed by atoms with Gasteiger partial charge in [-0.25, -0.2) is 12.8 Å². The molecule has 3 N–H and O–H groups in total. The van der Waals surface area contributed by atoms with E-state index in [-0.39, 0.29) is 16.3 Å². The van der Waals surface area contributed by atoms with Crippen LogP contribution in [-0.2, 0) is 10.0 Å². The quantitative estimate of drug-likeness (QED) is 0.848. The largest absolute Gasteiger partial charge is 0.395 e. The Morgan fingerprint density at radius 1 is 1.29 bits per heavy atom. The molecule has 0 aromatic heterocycles. The zero-order valence-corrected chi connectivity index (χ0v) is 12.0. The fourth-order valence-electron chi connectivity index (χ4n) is 1.62. The van der Waals surface area contributed by atoms with E-state index in [4.69, 9.17) is 22.6 Å². The molecule has 0 aliphatic rings. The highest BCUT2D eigenvalue weighted by Crippen LogP contribution is 2.28. The monoisotopic (exact) mass is 325 g/mol. The number of nitriles is 1. The van der Waals surface area contributed by atoms with Crippen LogP contribution >= 0.6 is 11.6 Å². The van der Waals surface area contributed by atoms with E-state index in [1.54, 1.807) is 0 Å². The first kappa shape index (κ1) is 15.1. The first-order valence-electron chi connectivity index (χ1n) is 5.61. The predicted molar refractivity (Wildman–Crippen MR) is 77.8 cm³/mol. The lowest BCUT2D eigenvalue weighted by molar-refractivity contribution is 0.597. The molecule has 2 rings (SSSR count). The number of benzene rings is 2. The van der Waals surface area contributed by atoms with Gasteiger partial charge in [0.1, 0.15) is 10.7 Å². The van der Waals surface area contributed by atoms with Gasteiger partial charge in [0.15, 0.2) is 0 Å². The molecule has 2 aromatic carbocycles. The average Bonchev–Trinajstić information content (AvgIpc) is 2.44. The summed E-state index contributed by atoms with van der Waals surface area (Å²) >= 11 is 5.88. The third-order valence-electron chi connectivity index (χ3n) is 2.64. The smallest absolute Gasteiger partial charge is 0.264 e. The minimum Gasteiger partial charge on any atom is -0.395 e. The summed E-state index contributed by atoms with van der Waals surface area (Å²) in [6.07, 6.45) is 0. The van der Waals surface area contributed by atoms with Crippen molar-refractivity contribution in [1.82, 2.24) is 0 Å². The average molecular weight is 326 g/mol. The van der Waals surface area contributed by atoms with Gasteiger partial charge >= 0.3 is 0 Å². The lowest BCUT2D eigenvalue weighted by atomic mass is 10.2. The van der Waals surface area contributed by atoms with Gasteiger partial charge in [-0.15, -0.1) is 0 Å². The van der Waals surface area contributed by atoms with Gasteiger partial charge in [0.05, 0.1) is 28.0 Å². The molecule has 0 unspecified atom stereocenters. The number of rotatable bonds is 3. The van der Waals surface area contributed by atoms with Crippen molar-refractivity contribution in [3.63, 3.8) is 0 Å². The summed E-state index contributed by atoms with van der Waals surface area (Å²) in [4.78, 5) is -0.402. The number of nitrogens with two attached hydrogens (primary N) is 1. The molecule has 5 nitrogen and oxygen atoms in total. The third kappa shape index (κ3) is 3.07. The first-order valence-corrected chi connectivity index (χ1v) is 7.48. The van der Waals surface area contributed by atoms with Crippen molar-refractivity contribution < 1.29 is 12.8 Å². The van der Waals surface area contributed by atoms with Crippen molar-refractivity contribution in [2.24, 2.45) is 0 Å². The van der Waals surface area contributed by atoms with Crippen molar-refractivity contribution >= 4 is 33.0 Å². The second kappa shape index (κ2) is 5.60. The Morgan fingerprint density at radius 3 is 2.67 bits per heavy atom. The number of halogens is 2. The minimum atomic E-state index is -4.12. The number of hydrogen-bond donors (Lipinski definition) is 2. The van der Waals surface area contributed by atoms with E-state index in [0.29, 0.717) is 0 Å². The summed E-state index contributed by atoms with van der Waals surface area (Å²) in [6.45, 7) is 0. The van der Waals surface area contributed by atoms with E-state index in [1.807, 2.05) is 6.07 Å². The predicted octanol–water partition coefficient (Wildman–Crippen LogP) is 2.73. The Bertz CT molecular complexity index is 847. The van der Waals surface area contributed by atoms with Gasteiger partial charge in [-0.3, -0.25) is 4.72 Å². The van der Waals surface area contributed by atoms with Gasteiger partial charge in [-0.1, -0.05) is 17.7 Å². The fraction of sp³-hybridized carbons (Fsp3) is 0. The minimum absolute atomic E-state index is 0.0133. The summed E-state index contributed by atoms with van der Waals surface area (Å²) in [6, 6.07) is 9.41. The molecule has 0 aliphatic heterocycles. The summed E-state index contributed by atoms with van der Waals surface area (Å²) in [5, 5.41) is 8.91. The topological polar surface area (TPSA) is 96.0 Å². The van der Waals surface area contributed by atoms with Crippen LogP contribution in [-0.4, -0.2) is 8.42 Å². The molecule has 0 saturated carbocycles. The molecule has 108 valence electrons. The zero-order chi connectivity index (χ0) is 15.6. The Labute approximate surface area is 125 Å². The molecule has 0 heterocycles. The molecule has 0 fully saturated rings. The van der Waals surface area contributed by atoms with E-state index in [1.165, 1.54) is 30.3 Å². The molecular weight excluding hydrogens is 317 g/mol. The molecule has 0 radical (unpaired) electrons. The van der Waals surface area contributed by atoms with Gasteiger partial charge in [-0.2, -0.15) is 5.26 Å². The number of anilines is 2. The van der Waals surface area contributed by atoms with Gasteiger partial charge in [-0.05, 0) is 30.3 Å². The first-order chi connectivity index (χ1) is 9.85. The standard InChI is InChI=1S/C13H9ClFN3O2S/c14-9-5-4-8(7-16)6-11(9)18-21(19,20)12-3-1-2-10(15)13(12)17/h1-6,18H,17H2. The number of hydrogen-bond acceptors (Lipinski definition) is 4. The Balaban J connectivity index is 2.48. The van der Waals surface area contributed by atoms with E-state index < -0.39 is 26.4 Å². The summed E-state index contributed by atoms with van der Waals surface area (Å²) in [5.74, 6) is -0.838. The summed E-state index contributed by atoms with van der Waals surface area (Å²) < 4.78 is 40.0. The number of nitrogens with one attached hydrogen (secondary N) is 1. The van der Waals surface area contributed by atoms with Crippen LogP contribution in [0.5, 0.6) is 0 Å². The Hall–Kier alpha value is -2.30. The van der Waals surface area contributed by atoms with E-state index in [2.05, 4.69) is 4.72 Å². The normalized spacial score (nSPS) is 10.9. The molecule has 0 bridgehead atoms. The van der Waals surface area contributed by atoms with Crippen LogP contribution in [0, 0.1) is 17.1 Å². The highest BCUT2D eigenvalue weighted by atomic mass is 35.5. The Morgan fingerprint density at radius 2 is 2.00 bits per heavy atom. The van der Waals surface area contributed by atoms with Crippen LogP contribution in [0.25, 0.3) is 0 Å². The summed E-state index contributed by atoms with van der Waals surface area (Å²) in [5.41, 5.74) is 5.19. The highest BCUT2D eigenvalue weighted by Gasteiger charge is 2.20. The van der Waals surface area contributed by atoms with Crippen LogP contribution in [0.2, 0.25) is 5.02 Å². The van der Waals surface area contributed by atoms with Gasteiger partial charge in [0.2, 0.25) is 0 Å². The fourth-order valence-corrected chi connectivity index (χ4v) is 3.06. The number of sulfonamides is 1.